The molecule has 4 nitrogen and oxygen atoms in total. The average molecular weight is 196 g/mol. The van der Waals surface area contributed by atoms with Crippen molar-refractivity contribution in [1.82, 2.24) is 0 Å². The lowest BCUT2D eigenvalue weighted by Crippen LogP contribution is -2.01. The molecule has 0 amide bonds. The van der Waals surface area contributed by atoms with E-state index in [0.717, 1.165) is 6.42 Å². The summed E-state index contributed by atoms with van der Waals surface area (Å²) in [5, 5.41) is 0. The molecule has 74 valence electrons. The Kier molecular flexibility index (Phi) is 6.24. The highest BCUT2D eigenvalue weighted by molar-refractivity contribution is 7.79. The average Bonchev–Trinajstić information content (AvgIpc) is 1.54. The first-order valence-corrected chi connectivity index (χ1v) is 4.77. The second-order valence-electron chi connectivity index (χ2n) is 3.50. The molecule has 0 aromatic rings. The molecule has 5 heteroatoms. The van der Waals surface area contributed by atoms with Crippen molar-refractivity contribution >= 4 is 10.4 Å². The van der Waals surface area contributed by atoms with Crippen LogP contribution in [0.4, 0.5) is 0 Å². The maximum absolute atomic E-state index is 8.74. The fraction of sp³-hybridized carbons (Fsp3) is 0.714. The van der Waals surface area contributed by atoms with E-state index in [1.165, 1.54) is 0 Å². The van der Waals surface area contributed by atoms with E-state index in [4.69, 9.17) is 17.5 Å². The first-order valence-electron chi connectivity index (χ1n) is 3.37. The van der Waals surface area contributed by atoms with Crippen LogP contribution in [0.15, 0.2) is 12.7 Å². The molecule has 0 aromatic heterocycles. The second kappa shape index (κ2) is 5.29. The molecule has 0 saturated heterocycles. The van der Waals surface area contributed by atoms with Gasteiger partial charge in [-0.05, 0) is 11.8 Å². The largest absolute Gasteiger partial charge is 0.394 e. The molecule has 0 aromatic carbocycles. The third-order valence-electron chi connectivity index (χ3n) is 0.757. The molecule has 0 radical (unpaired) electrons. The van der Waals surface area contributed by atoms with Crippen molar-refractivity contribution in [2.75, 3.05) is 0 Å². The number of hydrogen-bond acceptors (Lipinski definition) is 2. The summed E-state index contributed by atoms with van der Waals surface area (Å²) in [5.41, 5.74) is 0.432. The smallest absolute Gasteiger partial charge is 0.264 e. The number of allylic oxidation sites excluding steroid dienone is 1. The van der Waals surface area contributed by atoms with Crippen LogP contribution in [0.1, 0.15) is 27.2 Å². The van der Waals surface area contributed by atoms with Crippen LogP contribution in [0.2, 0.25) is 0 Å². The lowest BCUT2D eigenvalue weighted by molar-refractivity contribution is 0.381. The summed E-state index contributed by atoms with van der Waals surface area (Å²) in [7, 11) is -4.67. The van der Waals surface area contributed by atoms with Gasteiger partial charge in [0.15, 0.2) is 0 Å². The number of hydrogen-bond donors (Lipinski definition) is 2. The van der Waals surface area contributed by atoms with Crippen LogP contribution in [0, 0.1) is 5.41 Å². The maximum atomic E-state index is 8.74. The van der Waals surface area contributed by atoms with E-state index in [9.17, 15) is 0 Å². The fourth-order valence-corrected chi connectivity index (χ4v) is 0.433. The van der Waals surface area contributed by atoms with Crippen molar-refractivity contribution in [2.45, 2.75) is 27.2 Å². The molecule has 0 heterocycles. The molecular weight excluding hydrogens is 180 g/mol. The topological polar surface area (TPSA) is 74.6 Å². The molecule has 2 N–H and O–H groups in total. The molecule has 0 fully saturated rings. The van der Waals surface area contributed by atoms with Gasteiger partial charge < -0.3 is 0 Å². The van der Waals surface area contributed by atoms with Crippen molar-refractivity contribution in [3.63, 3.8) is 0 Å². The Morgan fingerprint density at radius 1 is 1.33 bits per heavy atom. The Morgan fingerprint density at radius 3 is 1.58 bits per heavy atom. The Hall–Kier alpha value is -0.390. The van der Waals surface area contributed by atoms with Crippen LogP contribution in [0.5, 0.6) is 0 Å². The summed E-state index contributed by atoms with van der Waals surface area (Å²) in [5.74, 6) is 0. The van der Waals surface area contributed by atoms with Crippen molar-refractivity contribution in [2.24, 2.45) is 5.41 Å². The van der Waals surface area contributed by atoms with E-state index >= 15 is 0 Å². The molecule has 12 heavy (non-hydrogen) atoms. The van der Waals surface area contributed by atoms with E-state index in [1.54, 1.807) is 0 Å². The molecule has 0 atom stereocenters. The monoisotopic (exact) mass is 196 g/mol. The predicted octanol–water partition coefficient (Wildman–Crippen LogP) is 1.96. The van der Waals surface area contributed by atoms with E-state index < -0.39 is 10.4 Å². The minimum absolute atomic E-state index is 0.432. The van der Waals surface area contributed by atoms with Gasteiger partial charge in [0.2, 0.25) is 0 Å². The van der Waals surface area contributed by atoms with Gasteiger partial charge in [-0.2, -0.15) is 8.42 Å². The summed E-state index contributed by atoms with van der Waals surface area (Å²) in [6.45, 7) is 10.3. The van der Waals surface area contributed by atoms with Crippen molar-refractivity contribution in [3.05, 3.63) is 12.7 Å². The molecule has 0 bridgehead atoms. The minimum Gasteiger partial charge on any atom is -0.264 e. The maximum Gasteiger partial charge on any atom is 0.394 e. The third kappa shape index (κ3) is 54.7. The van der Waals surface area contributed by atoms with Crippen LogP contribution in [-0.2, 0) is 10.4 Å². The second-order valence-corrected chi connectivity index (χ2v) is 4.40. The van der Waals surface area contributed by atoms with Gasteiger partial charge in [-0.15, -0.1) is 6.58 Å². The molecule has 0 rings (SSSR count). The molecule has 0 aliphatic rings. The third-order valence-corrected chi connectivity index (χ3v) is 0.757. The van der Waals surface area contributed by atoms with Gasteiger partial charge in [-0.1, -0.05) is 26.8 Å². The van der Waals surface area contributed by atoms with Crippen molar-refractivity contribution in [3.8, 4) is 0 Å². The van der Waals surface area contributed by atoms with Gasteiger partial charge in [0.25, 0.3) is 0 Å². The highest BCUT2D eigenvalue weighted by Crippen LogP contribution is 2.17. The molecule has 0 spiro atoms. The SMILES string of the molecule is C=CCC(C)(C)C.O=S(=O)(O)O. The summed E-state index contributed by atoms with van der Waals surface area (Å²) in [6, 6.07) is 0. The van der Waals surface area contributed by atoms with Gasteiger partial charge in [0.1, 0.15) is 0 Å². The van der Waals surface area contributed by atoms with E-state index in [0.29, 0.717) is 5.41 Å². The molecular formula is C7H16O4S. The Balaban J connectivity index is 0. The Bertz CT molecular complexity index is 202. The normalized spacial score (nSPS) is 11.4. The standard InChI is InChI=1S/C7H14.H2O4S/c1-5-6-7(2,3)4;1-5(2,3)4/h5H,1,6H2,2-4H3;(H2,1,2,3,4). The molecule has 0 unspecified atom stereocenters. The van der Waals surface area contributed by atoms with Crippen LogP contribution in [0.25, 0.3) is 0 Å². The van der Waals surface area contributed by atoms with E-state index in [-0.39, 0.29) is 0 Å². The van der Waals surface area contributed by atoms with Crippen LogP contribution in [-0.4, -0.2) is 17.5 Å². The first kappa shape index (κ1) is 14.2. The quantitative estimate of drug-likeness (QED) is 0.496. The summed E-state index contributed by atoms with van der Waals surface area (Å²) in [6.07, 6.45) is 3.06. The van der Waals surface area contributed by atoms with Crippen LogP contribution < -0.4 is 0 Å². The van der Waals surface area contributed by atoms with E-state index in [1.807, 2.05) is 6.08 Å². The van der Waals surface area contributed by atoms with Gasteiger partial charge in [-0.25, -0.2) is 0 Å². The zero-order valence-corrected chi connectivity index (χ0v) is 8.43. The first-order chi connectivity index (χ1) is 5.06. The van der Waals surface area contributed by atoms with Crippen molar-refractivity contribution < 1.29 is 17.5 Å². The lowest BCUT2D eigenvalue weighted by Gasteiger charge is -2.13. The highest BCUT2D eigenvalue weighted by atomic mass is 32.3. The Morgan fingerprint density at radius 2 is 1.58 bits per heavy atom. The van der Waals surface area contributed by atoms with Gasteiger partial charge >= 0.3 is 10.4 Å². The van der Waals surface area contributed by atoms with Crippen LogP contribution >= 0.6 is 0 Å². The Labute approximate surface area is 73.9 Å². The minimum atomic E-state index is -4.67. The number of rotatable bonds is 1. The van der Waals surface area contributed by atoms with Gasteiger partial charge in [0.05, 0.1) is 0 Å². The van der Waals surface area contributed by atoms with E-state index in [2.05, 4.69) is 27.4 Å². The molecule has 0 saturated carbocycles. The van der Waals surface area contributed by atoms with Gasteiger partial charge in [0, 0.05) is 0 Å². The van der Waals surface area contributed by atoms with Gasteiger partial charge in [-0.3, -0.25) is 9.11 Å². The lowest BCUT2D eigenvalue weighted by atomic mass is 9.93. The van der Waals surface area contributed by atoms with Crippen LogP contribution in [0.3, 0.4) is 0 Å². The molecule has 0 aliphatic heterocycles. The predicted molar refractivity (Wildman–Crippen MR) is 48.4 cm³/mol. The highest BCUT2D eigenvalue weighted by Gasteiger charge is 2.04. The zero-order valence-electron chi connectivity index (χ0n) is 7.61. The zero-order chi connectivity index (χ0) is 10.4. The summed E-state index contributed by atoms with van der Waals surface area (Å²) >= 11 is 0. The summed E-state index contributed by atoms with van der Waals surface area (Å²) < 4.78 is 31.6. The summed E-state index contributed by atoms with van der Waals surface area (Å²) in [4.78, 5) is 0. The van der Waals surface area contributed by atoms with Crippen molar-refractivity contribution in [1.29, 1.82) is 0 Å². The fourth-order valence-electron chi connectivity index (χ4n) is 0.433. The molecule has 0 aliphatic carbocycles.